The number of aliphatic hydroxyl groups is 1. The Bertz CT molecular complexity index is 548. The van der Waals surface area contributed by atoms with Crippen LogP contribution in [0.5, 0.6) is 0 Å². The molecule has 2 rings (SSSR count). The maximum Gasteiger partial charge on any atom is 0.191 e. The highest BCUT2D eigenvalue weighted by Gasteiger charge is 2.13. The van der Waals surface area contributed by atoms with Crippen molar-refractivity contribution < 1.29 is 5.11 Å². The van der Waals surface area contributed by atoms with Crippen LogP contribution < -0.4 is 4.90 Å². The van der Waals surface area contributed by atoms with Crippen molar-refractivity contribution in [3.8, 4) is 0 Å². The number of nitrogens with zero attached hydrogens (tertiary/aromatic N) is 2. The minimum absolute atomic E-state index is 0.0722. The number of rotatable bonds is 3. The molecule has 5 heteroatoms. The lowest BCUT2D eigenvalue weighted by molar-refractivity contribution is 0.285. The number of hydrogen-bond acceptors (Lipinski definition) is 4. The van der Waals surface area contributed by atoms with E-state index in [4.69, 9.17) is 16.7 Å². The van der Waals surface area contributed by atoms with Gasteiger partial charge >= 0.3 is 0 Å². The van der Waals surface area contributed by atoms with Crippen molar-refractivity contribution in [2.75, 3.05) is 11.9 Å². The van der Waals surface area contributed by atoms with E-state index in [9.17, 15) is 0 Å². The van der Waals surface area contributed by atoms with Gasteiger partial charge in [-0.2, -0.15) is 0 Å². The number of benzene rings is 1. The fraction of sp³-hybridized carbons (Fsp3) is 0.308. The highest BCUT2D eigenvalue weighted by atomic mass is 35.5. The van der Waals surface area contributed by atoms with Crippen LogP contribution in [0.2, 0.25) is 5.15 Å². The maximum absolute atomic E-state index is 9.14. The molecule has 0 atom stereocenters. The lowest BCUT2D eigenvalue weighted by Crippen LogP contribution is -2.09. The summed E-state index contributed by atoms with van der Waals surface area (Å²) in [4.78, 5) is 6.95. The lowest BCUT2D eigenvalue weighted by Gasteiger charge is -2.17. The zero-order valence-electron chi connectivity index (χ0n) is 10.6. The van der Waals surface area contributed by atoms with E-state index < -0.39 is 0 Å². The molecule has 0 aliphatic heterocycles. The van der Waals surface area contributed by atoms with Gasteiger partial charge in [0.25, 0.3) is 0 Å². The first-order valence-electron chi connectivity index (χ1n) is 5.59. The Hall–Kier alpha value is -1.10. The molecule has 0 amide bonds. The van der Waals surface area contributed by atoms with Gasteiger partial charge in [0.2, 0.25) is 0 Å². The molecule has 96 valence electrons. The SMILES string of the molecule is Cc1cc(C)cc(N(C)c2nc(Cl)c(CO)s2)c1. The molecular weight excluding hydrogens is 268 g/mol. The standard InChI is InChI=1S/C13H15ClN2OS/c1-8-4-9(2)6-10(5-8)16(3)13-15-12(14)11(7-17)18-13/h4-6,17H,7H2,1-3H3. The van der Waals surface area contributed by atoms with Crippen molar-refractivity contribution in [2.45, 2.75) is 20.5 Å². The summed E-state index contributed by atoms with van der Waals surface area (Å²) >= 11 is 7.36. The summed E-state index contributed by atoms with van der Waals surface area (Å²) in [6, 6.07) is 6.33. The Kier molecular flexibility index (Phi) is 3.90. The molecule has 1 aromatic heterocycles. The van der Waals surface area contributed by atoms with Crippen LogP contribution in [0.1, 0.15) is 16.0 Å². The molecule has 0 saturated heterocycles. The Labute approximate surface area is 116 Å². The second-order valence-electron chi connectivity index (χ2n) is 4.27. The Morgan fingerprint density at radius 1 is 1.28 bits per heavy atom. The number of thiazole rings is 1. The Morgan fingerprint density at radius 2 is 1.89 bits per heavy atom. The predicted octanol–water partition coefficient (Wildman–Crippen LogP) is 3.67. The van der Waals surface area contributed by atoms with Gasteiger partial charge in [-0.1, -0.05) is 29.0 Å². The molecule has 0 aliphatic carbocycles. The molecule has 0 aliphatic rings. The van der Waals surface area contributed by atoms with Crippen molar-refractivity contribution >= 4 is 33.8 Å². The first-order chi connectivity index (χ1) is 8.51. The zero-order valence-corrected chi connectivity index (χ0v) is 12.1. The van der Waals surface area contributed by atoms with Crippen molar-refractivity contribution in [3.63, 3.8) is 0 Å². The molecule has 2 aromatic rings. The maximum atomic E-state index is 9.14. The summed E-state index contributed by atoms with van der Waals surface area (Å²) in [6.07, 6.45) is 0. The Morgan fingerprint density at radius 3 is 2.39 bits per heavy atom. The van der Waals surface area contributed by atoms with Crippen LogP contribution in [0.4, 0.5) is 10.8 Å². The fourth-order valence-corrected chi connectivity index (χ4v) is 2.92. The van der Waals surface area contributed by atoms with Gasteiger partial charge in [0.1, 0.15) is 5.15 Å². The molecule has 0 saturated carbocycles. The molecule has 1 heterocycles. The molecule has 0 bridgehead atoms. The average Bonchev–Trinajstić information content (AvgIpc) is 2.68. The lowest BCUT2D eigenvalue weighted by atomic mass is 10.1. The molecule has 3 nitrogen and oxygen atoms in total. The van der Waals surface area contributed by atoms with E-state index in [1.54, 1.807) is 0 Å². The number of anilines is 2. The summed E-state index contributed by atoms with van der Waals surface area (Å²) in [7, 11) is 1.95. The highest BCUT2D eigenvalue weighted by molar-refractivity contribution is 7.16. The van der Waals surface area contributed by atoms with E-state index in [0.29, 0.717) is 10.0 Å². The van der Waals surface area contributed by atoms with Gasteiger partial charge in [0.15, 0.2) is 5.13 Å². The third-order valence-corrected chi connectivity index (χ3v) is 4.20. The normalized spacial score (nSPS) is 10.7. The third kappa shape index (κ3) is 2.66. The number of aliphatic hydroxyl groups excluding tert-OH is 1. The second-order valence-corrected chi connectivity index (χ2v) is 5.69. The van der Waals surface area contributed by atoms with Gasteiger partial charge in [-0.15, -0.1) is 0 Å². The number of aromatic nitrogens is 1. The molecule has 18 heavy (non-hydrogen) atoms. The van der Waals surface area contributed by atoms with Gasteiger partial charge in [-0.05, 0) is 37.1 Å². The van der Waals surface area contributed by atoms with Crippen LogP contribution in [0.3, 0.4) is 0 Å². The van der Waals surface area contributed by atoms with E-state index >= 15 is 0 Å². The number of aryl methyl sites for hydroxylation is 2. The van der Waals surface area contributed by atoms with Crippen LogP contribution in [0, 0.1) is 13.8 Å². The van der Waals surface area contributed by atoms with Crippen molar-refractivity contribution in [3.05, 3.63) is 39.4 Å². The summed E-state index contributed by atoms with van der Waals surface area (Å²) < 4.78 is 0. The van der Waals surface area contributed by atoms with Crippen LogP contribution in [-0.2, 0) is 6.61 Å². The molecule has 1 N–H and O–H groups in total. The monoisotopic (exact) mass is 282 g/mol. The minimum atomic E-state index is -0.0722. The Balaban J connectivity index is 2.37. The van der Waals surface area contributed by atoms with Crippen LogP contribution in [-0.4, -0.2) is 17.1 Å². The second kappa shape index (κ2) is 5.26. The van der Waals surface area contributed by atoms with E-state index in [-0.39, 0.29) is 6.61 Å². The molecule has 0 radical (unpaired) electrons. The van der Waals surface area contributed by atoms with Crippen molar-refractivity contribution in [1.29, 1.82) is 0 Å². The van der Waals surface area contributed by atoms with E-state index in [2.05, 4.69) is 37.0 Å². The van der Waals surface area contributed by atoms with E-state index in [1.165, 1.54) is 22.5 Å². The van der Waals surface area contributed by atoms with Gasteiger partial charge in [-0.25, -0.2) is 4.98 Å². The molecular formula is C13H15ClN2OS. The van der Waals surface area contributed by atoms with Crippen molar-refractivity contribution in [2.24, 2.45) is 0 Å². The topological polar surface area (TPSA) is 36.4 Å². The zero-order chi connectivity index (χ0) is 13.3. The summed E-state index contributed by atoms with van der Waals surface area (Å²) in [5, 5.41) is 10.3. The first-order valence-corrected chi connectivity index (χ1v) is 6.79. The minimum Gasteiger partial charge on any atom is -0.391 e. The fourth-order valence-electron chi connectivity index (χ4n) is 1.82. The number of hydrogen-bond donors (Lipinski definition) is 1. The van der Waals surface area contributed by atoms with Crippen LogP contribution in [0.25, 0.3) is 0 Å². The smallest absolute Gasteiger partial charge is 0.191 e. The summed E-state index contributed by atoms with van der Waals surface area (Å²) in [5.74, 6) is 0. The van der Waals surface area contributed by atoms with Crippen molar-refractivity contribution in [1.82, 2.24) is 4.98 Å². The first kappa shape index (κ1) is 13.3. The van der Waals surface area contributed by atoms with E-state index in [1.807, 2.05) is 11.9 Å². The molecule has 0 fully saturated rings. The molecule has 0 spiro atoms. The number of halogens is 1. The van der Waals surface area contributed by atoms with Crippen LogP contribution >= 0.6 is 22.9 Å². The van der Waals surface area contributed by atoms with Crippen LogP contribution in [0.15, 0.2) is 18.2 Å². The molecule has 0 unspecified atom stereocenters. The van der Waals surface area contributed by atoms with Gasteiger partial charge in [0, 0.05) is 12.7 Å². The largest absolute Gasteiger partial charge is 0.391 e. The third-order valence-electron chi connectivity index (χ3n) is 2.66. The summed E-state index contributed by atoms with van der Waals surface area (Å²) in [5.41, 5.74) is 3.49. The summed E-state index contributed by atoms with van der Waals surface area (Å²) in [6.45, 7) is 4.06. The quantitative estimate of drug-likeness (QED) is 0.933. The van der Waals surface area contributed by atoms with Gasteiger partial charge in [0.05, 0.1) is 11.5 Å². The predicted molar refractivity (Wildman–Crippen MR) is 77.0 cm³/mol. The van der Waals surface area contributed by atoms with E-state index in [0.717, 1.165) is 10.8 Å². The van der Waals surface area contributed by atoms with Gasteiger partial charge < -0.3 is 10.0 Å². The molecule has 1 aromatic carbocycles. The highest BCUT2D eigenvalue weighted by Crippen LogP contribution is 2.33. The average molecular weight is 283 g/mol. The van der Waals surface area contributed by atoms with Gasteiger partial charge in [-0.3, -0.25) is 0 Å².